The normalized spacial score (nSPS) is 10.1. The van der Waals surface area contributed by atoms with E-state index >= 15 is 0 Å². The van der Waals surface area contributed by atoms with Gasteiger partial charge in [-0.3, -0.25) is 9.59 Å². The van der Waals surface area contributed by atoms with Crippen molar-refractivity contribution >= 4 is 11.8 Å². The Hall–Kier alpha value is -2.96. The molecule has 2 amide bonds. The van der Waals surface area contributed by atoms with Gasteiger partial charge in [0.2, 0.25) is 5.91 Å². The number of amides is 2. The molecule has 1 aromatic heterocycles. The van der Waals surface area contributed by atoms with Gasteiger partial charge in [0.25, 0.3) is 5.91 Å². The molecular formula is C17H20N2O5. The molecule has 2 N–H and O–H groups in total. The Bertz CT molecular complexity index is 660. The van der Waals surface area contributed by atoms with Gasteiger partial charge in [-0.15, -0.1) is 0 Å². The summed E-state index contributed by atoms with van der Waals surface area (Å²) in [5.41, 5.74) is 0.405. The van der Waals surface area contributed by atoms with Gasteiger partial charge in [-0.1, -0.05) is 0 Å². The van der Waals surface area contributed by atoms with E-state index in [-0.39, 0.29) is 24.8 Å². The first-order valence-corrected chi connectivity index (χ1v) is 7.42. The van der Waals surface area contributed by atoms with Crippen LogP contribution in [0.15, 0.2) is 41.0 Å². The molecule has 0 atom stereocenters. The molecule has 0 aliphatic rings. The van der Waals surface area contributed by atoms with Crippen LogP contribution >= 0.6 is 0 Å². The Morgan fingerprint density at radius 1 is 1.08 bits per heavy atom. The van der Waals surface area contributed by atoms with Crippen molar-refractivity contribution in [2.75, 3.05) is 20.8 Å². The van der Waals surface area contributed by atoms with Gasteiger partial charge in [-0.25, -0.2) is 0 Å². The van der Waals surface area contributed by atoms with E-state index in [4.69, 9.17) is 13.9 Å². The third-order valence-electron chi connectivity index (χ3n) is 3.29. The van der Waals surface area contributed by atoms with Gasteiger partial charge in [-0.05, 0) is 24.3 Å². The maximum Gasteiger partial charge on any atom is 0.251 e. The number of furan rings is 1. The van der Waals surface area contributed by atoms with Crippen molar-refractivity contribution in [3.63, 3.8) is 0 Å². The van der Waals surface area contributed by atoms with Crippen LogP contribution < -0.4 is 20.1 Å². The molecule has 128 valence electrons. The van der Waals surface area contributed by atoms with E-state index in [2.05, 4.69) is 10.6 Å². The Kier molecular flexibility index (Phi) is 6.24. The van der Waals surface area contributed by atoms with Crippen LogP contribution in [0.3, 0.4) is 0 Å². The van der Waals surface area contributed by atoms with E-state index in [1.165, 1.54) is 14.2 Å². The lowest BCUT2D eigenvalue weighted by molar-refractivity contribution is -0.121. The van der Waals surface area contributed by atoms with Gasteiger partial charge in [0.1, 0.15) is 17.3 Å². The van der Waals surface area contributed by atoms with Crippen molar-refractivity contribution in [3.05, 3.63) is 47.9 Å². The number of benzene rings is 1. The van der Waals surface area contributed by atoms with Crippen LogP contribution in [0, 0.1) is 0 Å². The second-order valence-corrected chi connectivity index (χ2v) is 4.96. The summed E-state index contributed by atoms with van der Waals surface area (Å²) >= 11 is 0. The van der Waals surface area contributed by atoms with E-state index in [0.29, 0.717) is 29.4 Å². The molecule has 7 nitrogen and oxygen atoms in total. The monoisotopic (exact) mass is 332 g/mol. The lowest BCUT2D eigenvalue weighted by Gasteiger charge is -2.09. The van der Waals surface area contributed by atoms with Crippen LogP contribution in [0.2, 0.25) is 0 Å². The van der Waals surface area contributed by atoms with Crippen molar-refractivity contribution in [2.45, 2.75) is 13.0 Å². The molecule has 0 aliphatic heterocycles. The standard InChI is InChI=1S/C17H20N2O5/c1-22-14-8-12(9-15(10-14)23-2)17(21)18-6-5-16(20)19-11-13-4-3-7-24-13/h3-4,7-10H,5-6,11H2,1-2H3,(H,18,21)(H,19,20). The van der Waals surface area contributed by atoms with Crippen LogP contribution in [0.4, 0.5) is 0 Å². The second-order valence-electron chi connectivity index (χ2n) is 4.96. The summed E-state index contributed by atoms with van der Waals surface area (Å²) in [5.74, 6) is 1.25. The lowest BCUT2D eigenvalue weighted by Crippen LogP contribution is -2.30. The largest absolute Gasteiger partial charge is 0.497 e. The smallest absolute Gasteiger partial charge is 0.251 e. The number of rotatable bonds is 8. The molecular weight excluding hydrogens is 312 g/mol. The molecule has 0 aliphatic carbocycles. The summed E-state index contributed by atoms with van der Waals surface area (Å²) in [7, 11) is 3.03. The number of hydrogen-bond acceptors (Lipinski definition) is 5. The molecule has 0 spiro atoms. The highest BCUT2D eigenvalue weighted by molar-refractivity contribution is 5.95. The molecule has 1 aromatic carbocycles. The number of carbonyl (C=O) groups excluding carboxylic acids is 2. The first kappa shape index (κ1) is 17.4. The zero-order chi connectivity index (χ0) is 17.4. The van der Waals surface area contributed by atoms with Gasteiger partial charge >= 0.3 is 0 Å². The van der Waals surface area contributed by atoms with Gasteiger partial charge in [0.15, 0.2) is 0 Å². The fraction of sp³-hybridized carbons (Fsp3) is 0.294. The molecule has 0 unspecified atom stereocenters. The molecule has 0 radical (unpaired) electrons. The molecule has 0 fully saturated rings. The minimum Gasteiger partial charge on any atom is -0.497 e. The highest BCUT2D eigenvalue weighted by Gasteiger charge is 2.10. The van der Waals surface area contributed by atoms with Crippen molar-refractivity contribution in [1.29, 1.82) is 0 Å². The van der Waals surface area contributed by atoms with Gasteiger partial charge < -0.3 is 24.5 Å². The predicted molar refractivity (Wildman–Crippen MR) is 87.1 cm³/mol. The maximum absolute atomic E-state index is 12.1. The lowest BCUT2D eigenvalue weighted by atomic mass is 10.2. The van der Waals surface area contributed by atoms with Crippen LogP contribution in [0.5, 0.6) is 11.5 Å². The number of nitrogens with one attached hydrogen (secondary N) is 2. The molecule has 0 saturated carbocycles. The highest BCUT2D eigenvalue weighted by atomic mass is 16.5. The summed E-state index contributed by atoms with van der Waals surface area (Å²) in [6.07, 6.45) is 1.72. The van der Waals surface area contributed by atoms with Crippen molar-refractivity contribution in [2.24, 2.45) is 0 Å². The number of hydrogen-bond donors (Lipinski definition) is 2. The number of carbonyl (C=O) groups is 2. The summed E-state index contributed by atoms with van der Waals surface area (Å²) in [5, 5.41) is 5.40. The van der Waals surface area contributed by atoms with E-state index in [0.717, 1.165) is 0 Å². The molecule has 7 heteroatoms. The first-order chi connectivity index (χ1) is 11.6. The fourth-order valence-electron chi connectivity index (χ4n) is 2.02. The zero-order valence-corrected chi connectivity index (χ0v) is 13.6. The molecule has 1 heterocycles. The third kappa shape index (κ3) is 5.05. The van der Waals surface area contributed by atoms with Crippen LogP contribution in [-0.2, 0) is 11.3 Å². The molecule has 24 heavy (non-hydrogen) atoms. The molecule has 0 saturated heterocycles. The van der Waals surface area contributed by atoms with Gasteiger partial charge in [0.05, 0.1) is 27.0 Å². The Morgan fingerprint density at radius 3 is 2.38 bits per heavy atom. The van der Waals surface area contributed by atoms with Crippen molar-refractivity contribution < 1.29 is 23.5 Å². The molecule has 2 aromatic rings. The Balaban J connectivity index is 1.79. The maximum atomic E-state index is 12.1. The summed E-state index contributed by atoms with van der Waals surface area (Å²) in [6, 6.07) is 8.42. The summed E-state index contributed by atoms with van der Waals surface area (Å²) in [4.78, 5) is 23.9. The first-order valence-electron chi connectivity index (χ1n) is 7.42. The van der Waals surface area contributed by atoms with Crippen LogP contribution in [0.1, 0.15) is 22.5 Å². The Labute approximate surface area is 139 Å². The molecule has 0 bridgehead atoms. The quantitative estimate of drug-likeness (QED) is 0.768. The zero-order valence-electron chi connectivity index (χ0n) is 13.6. The van der Waals surface area contributed by atoms with Crippen molar-refractivity contribution in [1.82, 2.24) is 10.6 Å². The van der Waals surface area contributed by atoms with Gasteiger partial charge in [-0.2, -0.15) is 0 Å². The van der Waals surface area contributed by atoms with E-state index in [9.17, 15) is 9.59 Å². The minimum absolute atomic E-state index is 0.171. The van der Waals surface area contributed by atoms with Gasteiger partial charge in [0, 0.05) is 24.6 Å². The minimum atomic E-state index is -0.300. The van der Waals surface area contributed by atoms with Crippen molar-refractivity contribution in [3.8, 4) is 11.5 Å². The Morgan fingerprint density at radius 2 is 1.79 bits per heavy atom. The third-order valence-corrected chi connectivity index (χ3v) is 3.29. The summed E-state index contributed by atoms with van der Waals surface area (Å²) < 4.78 is 15.4. The topological polar surface area (TPSA) is 89.8 Å². The van der Waals surface area contributed by atoms with E-state index < -0.39 is 0 Å². The predicted octanol–water partition coefficient (Wildman–Crippen LogP) is 1.73. The highest BCUT2D eigenvalue weighted by Crippen LogP contribution is 2.22. The van der Waals surface area contributed by atoms with Crippen LogP contribution in [-0.4, -0.2) is 32.6 Å². The van der Waals surface area contributed by atoms with Crippen LogP contribution in [0.25, 0.3) is 0 Å². The average Bonchev–Trinajstić information content (AvgIpc) is 3.12. The average molecular weight is 332 g/mol. The summed E-state index contributed by atoms with van der Waals surface area (Å²) in [6.45, 7) is 0.551. The second kappa shape index (κ2) is 8.61. The van der Waals surface area contributed by atoms with E-state index in [1.807, 2.05) is 0 Å². The number of ether oxygens (including phenoxy) is 2. The fourth-order valence-corrected chi connectivity index (χ4v) is 2.02. The SMILES string of the molecule is COc1cc(OC)cc(C(=O)NCCC(=O)NCc2ccco2)c1. The number of methoxy groups -OCH3 is 2. The molecule has 2 rings (SSSR count). The van der Waals surface area contributed by atoms with E-state index in [1.54, 1.807) is 36.6 Å².